The molecule has 0 unspecified atom stereocenters. The SMILES string of the molecule is COc1ccc(CCNC(=O)C2CCN(S(=O)(=O)c3ccc(-n4cnnn4)cc3)CC2)cc1. The van der Waals surface area contributed by atoms with Crippen LogP contribution in [0.25, 0.3) is 5.69 Å². The zero-order chi connectivity index (χ0) is 23.3. The molecule has 3 aromatic rings. The van der Waals surface area contributed by atoms with E-state index < -0.39 is 10.0 Å². The summed E-state index contributed by atoms with van der Waals surface area (Å²) in [4.78, 5) is 12.8. The number of tetrazole rings is 1. The molecule has 1 aliphatic heterocycles. The first-order valence-corrected chi connectivity index (χ1v) is 12.2. The maximum atomic E-state index is 13.0. The largest absolute Gasteiger partial charge is 0.497 e. The van der Waals surface area contributed by atoms with Gasteiger partial charge in [-0.05, 0) is 71.7 Å². The van der Waals surface area contributed by atoms with Crippen molar-refractivity contribution >= 4 is 15.9 Å². The number of nitrogens with zero attached hydrogens (tertiary/aromatic N) is 5. The Hall–Kier alpha value is -3.31. The predicted molar refractivity (Wildman–Crippen MR) is 120 cm³/mol. The van der Waals surface area contributed by atoms with Gasteiger partial charge in [-0.1, -0.05) is 12.1 Å². The number of hydrogen-bond donors (Lipinski definition) is 1. The molecule has 33 heavy (non-hydrogen) atoms. The summed E-state index contributed by atoms with van der Waals surface area (Å²) in [7, 11) is -2.00. The summed E-state index contributed by atoms with van der Waals surface area (Å²) < 4.78 is 34.1. The fraction of sp³-hybridized carbons (Fsp3) is 0.364. The van der Waals surface area contributed by atoms with Gasteiger partial charge in [0.1, 0.15) is 12.1 Å². The Morgan fingerprint density at radius 2 is 1.79 bits per heavy atom. The lowest BCUT2D eigenvalue weighted by atomic mass is 9.97. The van der Waals surface area contributed by atoms with E-state index in [2.05, 4.69) is 20.8 Å². The molecular weight excluding hydrogens is 444 g/mol. The monoisotopic (exact) mass is 470 g/mol. The number of carbonyl (C=O) groups is 1. The highest BCUT2D eigenvalue weighted by Gasteiger charge is 2.32. The number of methoxy groups -OCH3 is 1. The average molecular weight is 471 g/mol. The summed E-state index contributed by atoms with van der Waals surface area (Å²) in [6, 6.07) is 14.2. The highest BCUT2D eigenvalue weighted by Crippen LogP contribution is 2.24. The Morgan fingerprint density at radius 3 is 2.39 bits per heavy atom. The molecule has 0 spiro atoms. The standard InChI is InChI=1S/C22H26N6O4S/c1-32-20-6-2-17(3-7-20)10-13-23-22(29)18-11-14-27(15-12-18)33(30,31)21-8-4-19(5-9-21)28-16-24-25-26-28/h2-9,16,18H,10-15H2,1H3,(H,23,29). The van der Waals surface area contributed by atoms with Crippen molar-refractivity contribution in [1.82, 2.24) is 29.8 Å². The van der Waals surface area contributed by atoms with Gasteiger partial charge in [-0.3, -0.25) is 4.79 Å². The summed E-state index contributed by atoms with van der Waals surface area (Å²) in [6.45, 7) is 1.17. The van der Waals surface area contributed by atoms with Crippen molar-refractivity contribution in [1.29, 1.82) is 0 Å². The van der Waals surface area contributed by atoms with Gasteiger partial charge in [-0.25, -0.2) is 13.1 Å². The Kier molecular flexibility index (Phi) is 6.99. The van der Waals surface area contributed by atoms with Crippen LogP contribution in [0.1, 0.15) is 18.4 Å². The molecule has 1 amide bonds. The zero-order valence-electron chi connectivity index (χ0n) is 18.3. The Balaban J connectivity index is 1.27. The second-order valence-electron chi connectivity index (χ2n) is 7.82. The second kappa shape index (κ2) is 10.1. The van der Waals surface area contributed by atoms with Gasteiger partial charge >= 0.3 is 0 Å². The topological polar surface area (TPSA) is 119 Å². The molecule has 174 valence electrons. The average Bonchev–Trinajstić information content (AvgIpc) is 3.40. The minimum atomic E-state index is -3.63. The first kappa shape index (κ1) is 22.9. The number of carbonyl (C=O) groups excluding carboxylic acids is 1. The summed E-state index contributed by atoms with van der Waals surface area (Å²) >= 11 is 0. The molecule has 2 heterocycles. The Morgan fingerprint density at radius 1 is 1.09 bits per heavy atom. The van der Waals surface area contributed by atoms with Crippen molar-refractivity contribution in [2.24, 2.45) is 5.92 Å². The van der Waals surface area contributed by atoms with E-state index >= 15 is 0 Å². The van der Waals surface area contributed by atoms with Crippen LogP contribution in [0.4, 0.5) is 0 Å². The predicted octanol–water partition coefficient (Wildman–Crippen LogP) is 1.43. The Labute approximate surface area is 192 Å². The van der Waals surface area contributed by atoms with Crippen LogP contribution in [0.5, 0.6) is 5.75 Å². The molecule has 4 rings (SSSR count). The van der Waals surface area contributed by atoms with Crippen molar-refractivity contribution < 1.29 is 17.9 Å². The van der Waals surface area contributed by atoms with Crippen molar-refractivity contribution in [3.8, 4) is 11.4 Å². The molecular formula is C22H26N6O4S. The van der Waals surface area contributed by atoms with E-state index in [1.54, 1.807) is 31.4 Å². The van der Waals surface area contributed by atoms with Crippen LogP contribution < -0.4 is 10.1 Å². The lowest BCUT2D eigenvalue weighted by Crippen LogP contribution is -2.43. The number of aromatic nitrogens is 4. The van der Waals surface area contributed by atoms with E-state index in [0.29, 0.717) is 38.2 Å². The van der Waals surface area contributed by atoms with Gasteiger partial charge in [-0.2, -0.15) is 4.31 Å². The number of nitrogens with one attached hydrogen (secondary N) is 1. The lowest BCUT2D eigenvalue weighted by molar-refractivity contribution is -0.126. The lowest BCUT2D eigenvalue weighted by Gasteiger charge is -2.30. The minimum absolute atomic E-state index is 0.0219. The van der Waals surface area contributed by atoms with E-state index in [9.17, 15) is 13.2 Å². The van der Waals surface area contributed by atoms with Crippen LogP contribution in [0.2, 0.25) is 0 Å². The molecule has 11 heteroatoms. The van der Waals surface area contributed by atoms with Gasteiger partial charge in [0.2, 0.25) is 15.9 Å². The molecule has 1 saturated heterocycles. The van der Waals surface area contributed by atoms with Crippen molar-refractivity contribution in [3.63, 3.8) is 0 Å². The van der Waals surface area contributed by atoms with Crippen molar-refractivity contribution in [2.75, 3.05) is 26.7 Å². The molecule has 0 saturated carbocycles. The number of rotatable bonds is 8. The van der Waals surface area contributed by atoms with Crippen LogP contribution in [-0.2, 0) is 21.2 Å². The number of piperidine rings is 1. The van der Waals surface area contributed by atoms with Gasteiger partial charge in [0.15, 0.2) is 0 Å². The van der Waals surface area contributed by atoms with Crippen LogP contribution in [0, 0.1) is 5.92 Å². The maximum Gasteiger partial charge on any atom is 0.243 e. The number of benzene rings is 2. The molecule has 1 N–H and O–H groups in total. The minimum Gasteiger partial charge on any atom is -0.497 e. The number of amides is 1. The third-order valence-corrected chi connectivity index (χ3v) is 7.70. The van der Waals surface area contributed by atoms with Gasteiger partial charge < -0.3 is 10.1 Å². The molecule has 2 aromatic carbocycles. The molecule has 0 radical (unpaired) electrons. The molecule has 1 fully saturated rings. The van der Waals surface area contributed by atoms with Gasteiger partial charge in [0, 0.05) is 25.6 Å². The van der Waals surface area contributed by atoms with E-state index in [0.717, 1.165) is 17.7 Å². The highest BCUT2D eigenvalue weighted by atomic mass is 32.2. The van der Waals surface area contributed by atoms with Gasteiger partial charge in [-0.15, -0.1) is 5.10 Å². The van der Waals surface area contributed by atoms with E-state index in [4.69, 9.17) is 4.74 Å². The molecule has 0 bridgehead atoms. The van der Waals surface area contributed by atoms with Crippen LogP contribution in [0.15, 0.2) is 59.8 Å². The molecule has 1 aromatic heterocycles. The smallest absolute Gasteiger partial charge is 0.243 e. The number of hydrogen-bond acceptors (Lipinski definition) is 7. The van der Waals surface area contributed by atoms with Crippen molar-refractivity contribution in [2.45, 2.75) is 24.2 Å². The normalized spacial score (nSPS) is 15.3. The molecule has 10 nitrogen and oxygen atoms in total. The van der Waals surface area contributed by atoms with E-state index in [1.807, 2.05) is 24.3 Å². The third kappa shape index (κ3) is 5.37. The van der Waals surface area contributed by atoms with Crippen molar-refractivity contribution in [3.05, 3.63) is 60.4 Å². The fourth-order valence-corrected chi connectivity index (χ4v) is 5.29. The summed E-state index contributed by atoms with van der Waals surface area (Å²) in [5.41, 5.74) is 1.78. The van der Waals surface area contributed by atoms with Crippen LogP contribution in [0.3, 0.4) is 0 Å². The summed E-state index contributed by atoms with van der Waals surface area (Å²) in [6.07, 6.45) is 3.16. The fourth-order valence-electron chi connectivity index (χ4n) is 3.82. The quantitative estimate of drug-likeness (QED) is 0.529. The third-order valence-electron chi connectivity index (χ3n) is 5.78. The first-order valence-electron chi connectivity index (χ1n) is 10.7. The van der Waals surface area contributed by atoms with Gasteiger partial charge in [0.05, 0.1) is 17.7 Å². The summed E-state index contributed by atoms with van der Waals surface area (Å²) in [5, 5.41) is 13.9. The number of sulfonamides is 1. The molecule has 0 aliphatic carbocycles. The Bertz CT molecular complexity index is 1160. The molecule has 1 aliphatic rings. The van der Waals surface area contributed by atoms with E-state index in [-0.39, 0.29) is 16.7 Å². The van der Waals surface area contributed by atoms with Gasteiger partial charge in [0.25, 0.3) is 0 Å². The zero-order valence-corrected chi connectivity index (χ0v) is 19.1. The molecule has 0 atom stereocenters. The highest BCUT2D eigenvalue weighted by molar-refractivity contribution is 7.89. The van der Waals surface area contributed by atoms with E-state index in [1.165, 1.54) is 15.3 Å². The first-order chi connectivity index (χ1) is 16.0. The summed E-state index contributed by atoms with van der Waals surface area (Å²) in [5.74, 6) is 0.591. The number of ether oxygens (including phenoxy) is 1. The van der Waals surface area contributed by atoms with Crippen LogP contribution >= 0.6 is 0 Å². The second-order valence-corrected chi connectivity index (χ2v) is 9.75. The van der Waals surface area contributed by atoms with Crippen LogP contribution in [-0.4, -0.2) is 65.6 Å². The maximum absolute atomic E-state index is 13.0.